The van der Waals surface area contributed by atoms with Gasteiger partial charge in [0.15, 0.2) is 0 Å². The van der Waals surface area contributed by atoms with Gasteiger partial charge >= 0.3 is 12.4 Å². The zero-order chi connectivity index (χ0) is 2.00. The van der Waals surface area contributed by atoms with Crippen LogP contribution in [0.15, 0.2) is 0 Å². The summed E-state index contributed by atoms with van der Waals surface area (Å²) in [5.74, 6) is 0. The summed E-state index contributed by atoms with van der Waals surface area (Å²) < 4.78 is 7.75. The van der Waals surface area contributed by atoms with Gasteiger partial charge in [0.25, 0.3) is 0 Å². The average molecular weight is 124 g/mol. The van der Waals surface area contributed by atoms with Crippen LogP contribution < -0.4 is 0 Å². The average Bonchev–Trinajstić information content (AvgIpc) is 1.00. The third kappa shape index (κ3) is 15.8. The van der Waals surface area contributed by atoms with Gasteiger partial charge in [0.05, 0.1) is 0 Å². The van der Waals surface area contributed by atoms with Crippen LogP contribution in [0.2, 0.25) is 0 Å². The Morgan fingerprint density at radius 1 is 1.25 bits per heavy atom. The van der Waals surface area contributed by atoms with Crippen LogP contribution in [-0.4, -0.2) is 18.7 Å². The van der Waals surface area contributed by atoms with Crippen molar-refractivity contribution in [3.8, 4) is 0 Å². The molecular formula is H4BOSiZn. The fourth-order valence-corrected chi connectivity index (χ4v) is 0. The van der Waals surface area contributed by atoms with Crippen molar-refractivity contribution in [2.24, 2.45) is 0 Å². The minimum atomic E-state index is 0. The second-order valence-electron chi connectivity index (χ2n) is 0. The van der Waals surface area contributed by atoms with Crippen LogP contribution in [0.1, 0.15) is 0 Å². The van der Waals surface area contributed by atoms with Gasteiger partial charge in [-0.3, -0.25) is 0 Å². The topological polar surface area (TPSA) is 17.1 Å². The molecule has 0 aliphatic heterocycles. The molecule has 0 fully saturated rings. The van der Waals surface area contributed by atoms with Gasteiger partial charge < -0.3 is 0 Å². The Bertz CT molecular complexity index is 8.00. The van der Waals surface area contributed by atoms with Crippen molar-refractivity contribution in [1.82, 2.24) is 0 Å². The molecule has 0 saturated carbocycles. The molecule has 4 heteroatoms. The first-order valence-corrected chi connectivity index (χ1v) is 0.236. The molecule has 0 atom stereocenters. The van der Waals surface area contributed by atoms with Gasteiger partial charge in [-0.25, -0.2) is 0 Å². The van der Waals surface area contributed by atoms with Crippen LogP contribution in [0, 0.1) is 0 Å². The summed E-state index contributed by atoms with van der Waals surface area (Å²) >= 11 is 0. The van der Waals surface area contributed by atoms with Crippen molar-refractivity contribution in [3.63, 3.8) is 0 Å². The quantitative estimate of drug-likeness (QED) is 0.343. The second-order valence-corrected chi connectivity index (χ2v) is 0. The monoisotopic (exact) mass is 123 g/mol. The van der Waals surface area contributed by atoms with Crippen LogP contribution >= 0.6 is 0 Å². The Morgan fingerprint density at radius 2 is 1.25 bits per heavy atom. The minimum absolute atomic E-state index is 0. The molecule has 0 heterocycles. The van der Waals surface area contributed by atoms with E-state index in [0.717, 1.165) is 0 Å². The number of rotatable bonds is 0. The molecule has 4 heavy (non-hydrogen) atoms. The maximum Gasteiger partial charge on any atom is 0 e. The third-order valence-electron chi connectivity index (χ3n) is 0. The molecule has 0 aliphatic rings. The molecule has 0 aromatic rings. The molecular weight excluding hydrogens is 120 g/mol. The first-order chi connectivity index (χ1) is 1.00. The molecule has 0 aromatic carbocycles. The molecule has 1 radical (unpaired) electrons. The van der Waals surface area contributed by atoms with Gasteiger partial charge in [0.1, 0.15) is 0 Å². The molecule has 0 bridgehead atoms. The Labute approximate surface area is 43.4 Å². The van der Waals surface area contributed by atoms with E-state index in [-0.39, 0.29) is 30.4 Å². The zero-order valence-corrected chi connectivity index (χ0v) is 4.66. The summed E-state index contributed by atoms with van der Waals surface area (Å²) in [6.45, 7) is 0. The molecule has 0 saturated heterocycles. The van der Waals surface area contributed by atoms with Crippen LogP contribution in [0.4, 0.5) is 0 Å². The molecule has 0 N–H and O–H groups in total. The zero-order valence-electron chi connectivity index (χ0n) is 1.69. The van der Waals surface area contributed by atoms with Gasteiger partial charge in [-0.05, 0) is 11.0 Å². The number of hydrogen-bond donors (Lipinski definition) is 0. The minimum Gasteiger partial charge on any atom is -0.0149 e. The maximum absolute atomic E-state index is 7.75. The van der Waals surface area contributed by atoms with Gasteiger partial charge in [-0.1, -0.05) is 0 Å². The predicted molar refractivity (Wildman–Crippen MR) is 17.8 cm³/mol. The summed E-state index contributed by atoms with van der Waals surface area (Å²) in [5.41, 5.74) is 0. The molecule has 0 aromatic heterocycles. The summed E-state index contributed by atoms with van der Waals surface area (Å²) in [6, 6.07) is 0. The second kappa shape index (κ2) is 54.5. The van der Waals surface area contributed by atoms with E-state index in [1.807, 2.05) is 0 Å². The molecule has 0 amide bonds. The van der Waals surface area contributed by atoms with Gasteiger partial charge in [-0.2, -0.15) is 0 Å². The van der Waals surface area contributed by atoms with E-state index in [2.05, 4.69) is 7.72 Å². The summed E-state index contributed by atoms with van der Waals surface area (Å²) in [5, 5.41) is 0. The fraction of sp³-hybridized carbons (Fsp3) is 0. The Balaban J connectivity index is -0.00000000500. The Kier molecular flexibility index (Phi) is 303. The maximum atomic E-state index is 7.75. The summed E-state index contributed by atoms with van der Waals surface area (Å²) in [4.78, 5) is 0. The number of hydrogen-bond acceptors (Lipinski definition) is 1. The van der Waals surface area contributed by atoms with E-state index >= 15 is 0 Å². The summed E-state index contributed by atoms with van der Waals surface area (Å²) in [6.07, 6.45) is 0. The molecule has 0 rings (SSSR count). The first-order valence-electron chi connectivity index (χ1n) is 0.236. The van der Waals surface area contributed by atoms with Crippen molar-refractivity contribution in [1.29, 1.82) is 0 Å². The van der Waals surface area contributed by atoms with Crippen molar-refractivity contribution in [3.05, 3.63) is 0 Å². The van der Waals surface area contributed by atoms with E-state index in [9.17, 15) is 0 Å². The van der Waals surface area contributed by atoms with Crippen molar-refractivity contribution in [2.45, 2.75) is 0 Å². The first kappa shape index (κ1) is 22.2. The van der Waals surface area contributed by atoms with Crippen LogP contribution in [0.25, 0.3) is 0 Å². The molecule has 0 aliphatic carbocycles. The summed E-state index contributed by atoms with van der Waals surface area (Å²) in [7, 11) is 3.25. The molecule has 1 nitrogen and oxygen atoms in total. The largest absolute Gasteiger partial charge is 0.0149 e. The van der Waals surface area contributed by atoms with Gasteiger partial charge in [0.2, 0.25) is 0 Å². The molecule has 19 valence electrons. The van der Waals surface area contributed by atoms with Crippen LogP contribution in [-0.2, 0) is 24.2 Å². The molecule has 0 unspecified atom stereocenters. The van der Waals surface area contributed by atoms with Crippen LogP contribution in [0.3, 0.4) is 0 Å². The normalized spacial score (nSPS) is 0.750. The Morgan fingerprint density at radius 3 is 1.25 bits per heavy atom. The van der Waals surface area contributed by atoms with E-state index in [1.54, 1.807) is 0 Å². The van der Waals surface area contributed by atoms with Crippen molar-refractivity contribution >= 4 is 18.7 Å². The SMILES string of the molecule is [B]=O.[SiH4].[Zn]. The van der Waals surface area contributed by atoms with E-state index < -0.39 is 0 Å². The predicted octanol–water partition coefficient (Wildman–Crippen LogP) is -1.95. The van der Waals surface area contributed by atoms with Crippen LogP contribution in [0.5, 0.6) is 0 Å². The van der Waals surface area contributed by atoms with Crippen molar-refractivity contribution < 1.29 is 24.2 Å². The molecule has 0 spiro atoms. The smallest absolute Gasteiger partial charge is 0 e. The van der Waals surface area contributed by atoms with E-state index in [0.29, 0.717) is 0 Å². The van der Waals surface area contributed by atoms with Crippen molar-refractivity contribution in [2.75, 3.05) is 0 Å². The Hall–Kier alpha value is 0.705. The fourth-order valence-electron chi connectivity index (χ4n) is 0. The van der Waals surface area contributed by atoms with E-state index in [1.165, 1.54) is 0 Å². The van der Waals surface area contributed by atoms with E-state index in [4.69, 9.17) is 4.70 Å². The third-order valence-corrected chi connectivity index (χ3v) is 0. The van der Waals surface area contributed by atoms with Gasteiger partial charge in [-0.15, -0.1) is 0 Å². The van der Waals surface area contributed by atoms with Gasteiger partial charge in [0, 0.05) is 19.5 Å². The standard InChI is InChI=1S/BO.H4Si.Zn/c1-2;;/h;1H4;.